The lowest BCUT2D eigenvalue weighted by Crippen LogP contribution is -2.33. The second-order valence-electron chi connectivity index (χ2n) is 5.60. The molecular formula is C16H26N2O3. The molecule has 1 aromatic rings. The van der Waals surface area contributed by atoms with E-state index < -0.39 is 0 Å². The largest absolute Gasteiger partial charge is 0.456 e. The number of hydrogen-bond acceptors (Lipinski definition) is 4. The summed E-state index contributed by atoms with van der Waals surface area (Å²) in [7, 11) is 0. The number of furan rings is 1. The predicted octanol–water partition coefficient (Wildman–Crippen LogP) is 1.81. The van der Waals surface area contributed by atoms with Gasteiger partial charge in [0.15, 0.2) is 5.76 Å². The minimum absolute atomic E-state index is 0.135. The van der Waals surface area contributed by atoms with Crippen molar-refractivity contribution in [1.29, 1.82) is 0 Å². The number of carbonyl (C=O) groups is 1. The number of aliphatic hydroxyl groups excluding tert-OH is 1. The molecule has 2 N–H and O–H groups in total. The molecule has 118 valence electrons. The van der Waals surface area contributed by atoms with E-state index in [4.69, 9.17) is 4.42 Å². The molecule has 0 spiro atoms. The van der Waals surface area contributed by atoms with Crippen LogP contribution in [0.1, 0.15) is 48.9 Å². The molecule has 1 aliphatic heterocycles. The van der Waals surface area contributed by atoms with Crippen molar-refractivity contribution in [3.05, 3.63) is 23.7 Å². The van der Waals surface area contributed by atoms with E-state index >= 15 is 0 Å². The van der Waals surface area contributed by atoms with Crippen molar-refractivity contribution in [2.45, 2.75) is 45.1 Å². The summed E-state index contributed by atoms with van der Waals surface area (Å²) in [6.45, 7) is 5.01. The molecule has 1 amide bonds. The third-order valence-corrected chi connectivity index (χ3v) is 4.10. The number of amides is 1. The molecule has 5 nitrogen and oxygen atoms in total. The maximum absolute atomic E-state index is 11.8. The third-order valence-electron chi connectivity index (χ3n) is 4.10. The molecule has 5 heteroatoms. The lowest BCUT2D eigenvalue weighted by molar-refractivity contribution is 0.0923. The normalized spacial score (nSPS) is 19.0. The molecule has 2 rings (SSSR count). The average Bonchev–Trinajstić information content (AvgIpc) is 3.15. The van der Waals surface area contributed by atoms with E-state index in [0.29, 0.717) is 18.3 Å². The maximum Gasteiger partial charge on any atom is 0.286 e. The number of rotatable bonds is 8. The second-order valence-corrected chi connectivity index (χ2v) is 5.60. The van der Waals surface area contributed by atoms with E-state index in [-0.39, 0.29) is 12.5 Å². The zero-order chi connectivity index (χ0) is 15.1. The van der Waals surface area contributed by atoms with Gasteiger partial charge in [-0.05, 0) is 50.9 Å². The number of aryl methyl sites for hydroxylation is 1. The Bertz CT molecular complexity index is 444. The number of likely N-dealkylation sites (tertiary alicyclic amines) is 1. The minimum Gasteiger partial charge on any atom is -0.456 e. The third kappa shape index (κ3) is 4.58. The second kappa shape index (κ2) is 8.20. The van der Waals surface area contributed by atoms with Gasteiger partial charge in [-0.3, -0.25) is 9.69 Å². The van der Waals surface area contributed by atoms with Crippen molar-refractivity contribution in [3.8, 4) is 0 Å². The van der Waals surface area contributed by atoms with Gasteiger partial charge in [-0.15, -0.1) is 0 Å². The first-order valence-electron chi connectivity index (χ1n) is 7.96. The monoisotopic (exact) mass is 294 g/mol. The standard InChI is InChI=1S/C16H26N2O3/c1-2-14-7-8-15(21-14)16(20)17-9-3-4-10-18-11-5-6-13(18)12-19/h7-8,13,19H,2-6,9-12H2,1H3,(H,17,20). The Balaban J connectivity index is 1.60. The van der Waals surface area contributed by atoms with Gasteiger partial charge in [-0.1, -0.05) is 6.92 Å². The smallest absolute Gasteiger partial charge is 0.286 e. The molecule has 0 bridgehead atoms. The molecule has 0 radical (unpaired) electrons. The van der Waals surface area contributed by atoms with Gasteiger partial charge in [0.05, 0.1) is 6.61 Å². The first-order chi connectivity index (χ1) is 10.2. The highest BCUT2D eigenvalue weighted by Gasteiger charge is 2.22. The van der Waals surface area contributed by atoms with Gasteiger partial charge in [0.1, 0.15) is 5.76 Å². The fourth-order valence-electron chi connectivity index (χ4n) is 2.82. The Hall–Kier alpha value is -1.33. The van der Waals surface area contributed by atoms with Crippen LogP contribution < -0.4 is 5.32 Å². The summed E-state index contributed by atoms with van der Waals surface area (Å²) < 4.78 is 5.41. The van der Waals surface area contributed by atoms with Crippen molar-refractivity contribution >= 4 is 5.91 Å². The highest BCUT2D eigenvalue weighted by Crippen LogP contribution is 2.16. The minimum atomic E-state index is -0.135. The number of nitrogens with zero attached hydrogens (tertiary/aromatic N) is 1. The highest BCUT2D eigenvalue weighted by molar-refractivity contribution is 5.91. The van der Waals surface area contributed by atoms with Crippen LogP contribution >= 0.6 is 0 Å². The van der Waals surface area contributed by atoms with Crippen LogP contribution in [0.4, 0.5) is 0 Å². The zero-order valence-corrected chi connectivity index (χ0v) is 12.8. The summed E-state index contributed by atoms with van der Waals surface area (Å²) in [5.74, 6) is 1.10. The van der Waals surface area contributed by atoms with Gasteiger partial charge >= 0.3 is 0 Å². The Labute approximate surface area is 126 Å². The molecule has 0 saturated carbocycles. The van der Waals surface area contributed by atoms with Crippen LogP contribution in [0.2, 0.25) is 0 Å². The Kier molecular flexibility index (Phi) is 6.26. The van der Waals surface area contributed by atoms with Gasteiger partial charge in [-0.25, -0.2) is 0 Å². The Morgan fingerprint density at radius 3 is 3.05 bits per heavy atom. The van der Waals surface area contributed by atoms with E-state index in [1.807, 2.05) is 13.0 Å². The number of unbranched alkanes of at least 4 members (excludes halogenated alkanes) is 1. The highest BCUT2D eigenvalue weighted by atomic mass is 16.3. The lowest BCUT2D eigenvalue weighted by Gasteiger charge is -2.22. The number of hydrogen-bond donors (Lipinski definition) is 2. The van der Waals surface area contributed by atoms with Crippen LogP contribution in [0.3, 0.4) is 0 Å². The Morgan fingerprint density at radius 2 is 2.33 bits per heavy atom. The van der Waals surface area contributed by atoms with Crippen LogP contribution in [0.5, 0.6) is 0 Å². The molecule has 1 fully saturated rings. The fourth-order valence-corrected chi connectivity index (χ4v) is 2.82. The van der Waals surface area contributed by atoms with E-state index in [1.165, 1.54) is 6.42 Å². The lowest BCUT2D eigenvalue weighted by atomic mass is 10.2. The van der Waals surface area contributed by atoms with Gasteiger partial charge < -0.3 is 14.8 Å². The van der Waals surface area contributed by atoms with E-state index in [2.05, 4.69) is 10.2 Å². The average molecular weight is 294 g/mol. The van der Waals surface area contributed by atoms with Gasteiger partial charge in [0, 0.05) is 19.0 Å². The number of aliphatic hydroxyl groups is 1. The molecule has 1 saturated heterocycles. The van der Waals surface area contributed by atoms with Crippen molar-refractivity contribution in [2.75, 3.05) is 26.2 Å². The molecule has 1 atom stereocenters. The van der Waals surface area contributed by atoms with E-state index in [1.54, 1.807) is 6.07 Å². The van der Waals surface area contributed by atoms with Crippen molar-refractivity contribution in [3.63, 3.8) is 0 Å². The SMILES string of the molecule is CCc1ccc(C(=O)NCCCCN2CCCC2CO)o1. The summed E-state index contributed by atoms with van der Waals surface area (Å²) in [6.07, 6.45) is 5.07. The Morgan fingerprint density at radius 1 is 1.48 bits per heavy atom. The van der Waals surface area contributed by atoms with Crippen molar-refractivity contribution in [1.82, 2.24) is 10.2 Å². The quantitative estimate of drug-likeness (QED) is 0.718. The summed E-state index contributed by atoms with van der Waals surface area (Å²) in [5, 5.41) is 12.1. The molecule has 2 heterocycles. The molecule has 21 heavy (non-hydrogen) atoms. The van der Waals surface area contributed by atoms with Crippen molar-refractivity contribution in [2.24, 2.45) is 0 Å². The number of carbonyl (C=O) groups excluding carboxylic acids is 1. The van der Waals surface area contributed by atoms with Crippen molar-refractivity contribution < 1.29 is 14.3 Å². The fraction of sp³-hybridized carbons (Fsp3) is 0.688. The van der Waals surface area contributed by atoms with Gasteiger partial charge in [0.2, 0.25) is 0 Å². The predicted molar refractivity (Wildman–Crippen MR) is 81.3 cm³/mol. The summed E-state index contributed by atoms with van der Waals surface area (Å²) in [4.78, 5) is 14.2. The topological polar surface area (TPSA) is 65.7 Å². The first kappa shape index (κ1) is 16.0. The maximum atomic E-state index is 11.8. The molecular weight excluding hydrogens is 268 g/mol. The summed E-state index contributed by atoms with van der Waals surface area (Å²) in [6, 6.07) is 3.91. The van der Waals surface area contributed by atoms with Crippen LogP contribution in [0.25, 0.3) is 0 Å². The molecule has 0 aromatic carbocycles. The molecule has 0 aliphatic carbocycles. The molecule has 1 aliphatic rings. The van der Waals surface area contributed by atoms with E-state index in [0.717, 1.165) is 44.5 Å². The molecule has 1 unspecified atom stereocenters. The summed E-state index contributed by atoms with van der Waals surface area (Å²) >= 11 is 0. The van der Waals surface area contributed by atoms with Crippen LogP contribution in [0.15, 0.2) is 16.5 Å². The van der Waals surface area contributed by atoms with Crippen LogP contribution in [-0.4, -0.2) is 48.2 Å². The number of nitrogens with one attached hydrogen (secondary N) is 1. The van der Waals surface area contributed by atoms with Gasteiger partial charge in [-0.2, -0.15) is 0 Å². The first-order valence-corrected chi connectivity index (χ1v) is 7.96. The van der Waals surface area contributed by atoms with Gasteiger partial charge in [0.25, 0.3) is 5.91 Å². The molecule has 1 aromatic heterocycles. The zero-order valence-electron chi connectivity index (χ0n) is 12.8. The van der Waals surface area contributed by atoms with Crippen LogP contribution in [-0.2, 0) is 6.42 Å². The summed E-state index contributed by atoms with van der Waals surface area (Å²) in [5.41, 5.74) is 0. The van der Waals surface area contributed by atoms with Crippen LogP contribution in [0, 0.1) is 0 Å². The van der Waals surface area contributed by atoms with E-state index in [9.17, 15) is 9.90 Å².